The molecule has 0 aliphatic carbocycles. The fraction of sp³-hybridized carbons (Fsp3) is 0.429. The van der Waals surface area contributed by atoms with Crippen LogP contribution in [0.2, 0.25) is 0 Å². The molecule has 0 fully saturated rings. The maximum atomic E-state index is 2.84. The molecule has 1 nitrogen and oxygen atoms in total. The molecule has 0 aliphatic rings. The minimum Gasteiger partial charge on any atom is -0.338 e. The van der Waals surface area contributed by atoms with Gasteiger partial charge in [-0.05, 0) is 13.0 Å². The molecule has 0 spiro atoms. The highest BCUT2D eigenvalue weighted by atomic mass is 15.0. The second-order valence-electron chi connectivity index (χ2n) is 1.65. The topological polar surface area (TPSA) is 3.24 Å². The van der Waals surface area contributed by atoms with Crippen molar-refractivity contribution in [2.75, 3.05) is 14.1 Å². The van der Waals surface area contributed by atoms with Crippen molar-refractivity contribution in [2.24, 2.45) is 0 Å². The second kappa shape index (κ2) is 4.26. The first-order valence-electron chi connectivity index (χ1n) is 2.57. The van der Waals surface area contributed by atoms with Crippen molar-refractivity contribution in [3.05, 3.63) is 12.2 Å². The van der Waals surface area contributed by atoms with Crippen molar-refractivity contribution in [1.29, 1.82) is 0 Å². The van der Waals surface area contributed by atoms with Crippen LogP contribution in [0.25, 0.3) is 0 Å². The molecule has 0 aromatic rings. The van der Waals surface area contributed by atoms with Crippen LogP contribution in [0, 0.1) is 12.0 Å². The smallest absolute Gasteiger partial charge is 0.0144 e. The predicted molar refractivity (Wildman–Crippen MR) is 36.3 cm³/mol. The van der Waals surface area contributed by atoms with Crippen LogP contribution < -0.4 is 0 Å². The van der Waals surface area contributed by atoms with Gasteiger partial charge in [0.25, 0.3) is 0 Å². The summed E-state index contributed by atoms with van der Waals surface area (Å²) in [7, 11) is 3.83. The zero-order valence-electron chi connectivity index (χ0n) is 5.60. The molecule has 0 saturated carbocycles. The summed E-state index contributed by atoms with van der Waals surface area (Å²) in [6.45, 7) is 1.95. The van der Waals surface area contributed by atoms with Crippen LogP contribution in [0.4, 0.5) is 0 Å². The van der Waals surface area contributed by atoms with Gasteiger partial charge in [0.1, 0.15) is 0 Å². The molecule has 8 heavy (non-hydrogen) atoms. The Morgan fingerprint density at radius 1 is 1.38 bits per heavy atom. The quantitative estimate of drug-likeness (QED) is 0.332. The molecule has 0 N–H and O–H groups in total. The van der Waals surface area contributed by atoms with Crippen LogP contribution in [-0.2, 0) is 0 Å². The Hall–Kier alpha value is -0.900. The molecule has 0 rings (SSSR count). The first-order valence-corrected chi connectivity index (χ1v) is 2.57. The fourth-order valence-corrected chi connectivity index (χ4v) is 0.250. The Labute approximate surface area is 51.0 Å². The Balaban J connectivity index is 3.51. The Morgan fingerprint density at radius 2 is 2.00 bits per heavy atom. The lowest BCUT2D eigenvalue weighted by Gasteiger charge is -1.95. The highest BCUT2D eigenvalue weighted by molar-refractivity contribution is 5.13. The van der Waals surface area contributed by atoms with Gasteiger partial charge >= 0.3 is 0 Å². The summed E-state index contributed by atoms with van der Waals surface area (Å²) in [6.07, 6.45) is 3.73. The van der Waals surface area contributed by atoms with E-state index in [-0.39, 0.29) is 0 Å². The molecular weight excluding hydrogens is 98.1 g/mol. The van der Waals surface area contributed by atoms with Gasteiger partial charge in [0.2, 0.25) is 0 Å². The summed E-state index contributed by atoms with van der Waals surface area (Å²) in [6, 6.07) is 2.84. The number of hydrogen-bond acceptors (Lipinski definition) is 1. The molecule has 1 heteroatoms. The van der Waals surface area contributed by atoms with Crippen LogP contribution in [0.1, 0.15) is 6.92 Å². The van der Waals surface area contributed by atoms with Gasteiger partial charge in [-0.15, -0.1) is 0 Å². The maximum absolute atomic E-state index is 2.84. The molecule has 44 valence electrons. The highest BCUT2D eigenvalue weighted by Crippen LogP contribution is 1.67. The van der Waals surface area contributed by atoms with Gasteiger partial charge in [-0.1, -0.05) is 12.0 Å². The minimum absolute atomic E-state index is 1.82. The highest BCUT2D eigenvalue weighted by Gasteiger charge is 1.66. The summed E-state index contributed by atoms with van der Waals surface area (Å²) in [5.41, 5.74) is 0. The minimum atomic E-state index is 1.82. The maximum Gasteiger partial charge on any atom is 0.0144 e. The van der Waals surface area contributed by atoms with E-state index in [0.29, 0.717) is 0 Å². The Bertz CT molecular complexity index is 123. The third-order valence-corrected chi connectivity index (χ3v) is 0.538. The van der Waals surface area contributed by atoms with Gasteiger partial charge in [-0.3, -0.25) is 0 Å². The first kappa shape index (κ1) is 7.10. The summed E-state index contributed by atoms with van der Waals surface area (Å²) in [5, 5.41) is 0. The van der Waals surface area contributed by atoms with E-state index in [2.05, 4.69) is 12.0 Å². The zero-order valence-corrected chi connectivity index (χ0v) is 5.60. The van der Waals surface area contributed by atoms with Crippen molar-refractivity contribution in [3.8, 4) is 12.0 Å². The van der Waals surface area contributed by atoms with Gasteiger partial charge in [0.05, 0.1) is 0 Å². The van der Waals surface area contributed by atoms with Crippen molar-refractivity contribution in [2.45, 2.75) is 6.92 Å². The Morgan fingerprint density at radius 3 is 2.38 bits per heavy atom. The predicted octanol–water partition coefficient (Wildman–Crippen LogP) is 1.08. The summed E-state index contributed by atoms with van der Waals surface area (Å²) >= 11 is 0. The van der Waals surface area contributed by atoms with Crippen LogP contribution in [0.3, 0.4) is 0 Å². The molecule has 0 amide bonds. The molecule has 0 atom stereocenters. The van der Waals surface area contributed by atoms with E-state index < -0.39 is 0 Å². The lowest BCUT2D eigenvalue weighted by molar-refractivity contribution is 0.597. The summed E-state index contributed by atoms with van der Waals surface area (Å²) < 4.78 is 0. The lowest BCUT2D eigenvalue weighted by Crippen LogP contribution is -2.00. The molecule has 0 aromatic heterocycles. The normalized spacial score (nSPS) is 8.38. The zero-order chi connectivity index (χ0) is 6.41. The van der Waals surface area contributed by atoms with E-state index in [1.54, 1.807) is 0 Å². The van der Waals surface area contributed by atoms with E-state index in [4.69, 9.17) is 0 Å². The van der Waals surface area contributed by atoms with E-state index in [1.807, 2.05) is 38.1 Å². The monoisotopic (exact) mass is 109 g/mol. The van der Waals surface area contributed by atoms with E-state index in [9.17, 15) is 0 Å². The lowest BCUT2D eigenvalue weighted by atomic mass is 10.5. The van der Waals surface area contributed by atoms with Crippen molar-refractivity contribution < 1.29 is 0 Å². The third-order valence-electron chi connectivity index (χ3n) is 0.538. The number of hydrogen-bond donors (Lipinski definition) is 0. The SMILES string of the molecule is C/C=C/C#CN(C)C. The fourth-order valence-electron chi connectivity index (χ4n) is 0.250. The number of rotatable bonds is 0. The van der Waals surface area contributed by atoms with Gasteiger partial charge < -0.3 is 4.90 Å². The van der Waals surface area contributed by atoms with Crippen LogP contribution in [0.15, 0.2) is 12.2 Å². The van der Waals surface area contributed by atoms with Crippen molar-refractivity contribution in [3.63, 3.8) is 0 Å². The van der Waals surface area contributed by atoms with Gasteiger partial charge in [0.15, 0.2) is 0 Å². The molecule has 0 aliphatic heterocycles. The van der Waals surface area contributed by atoms with Crippen molar-refractivity contribution >= 4 is 0 Å². The van der Waals surface area contributed by atoms with Crippen LogP contribution in [0.5, 0.6) is 0 Å². The molecule has 0 heterocycles. The molecule has 0 radical (unpaired) electrons. The molecule has 0 unspecified atom stereocenters. The van der Waals surface area contributed by atoms with Gasteiger partial charge in [-0.25, -0.2) is 0 Å². The summed E-state index contributed by atoms with van der Waals surface area (Å²) in [4.78, 5) is 1.82. The van der Waals surface area contributed by atoms with Gasteiger partial charge in [0, 0.05) is 20.1 Å². The number of allylic oxidation sites excluding steroid dienone is 2. The number of nitrogens with zero attached hydrogens (tertiary/aromatic N) is 1. The molecule has 0 aromatic carbocycles. The standard InChI is InChI=1S/C7H11N/c1-4-5-6-7-8(2)3/h4-5H,1-3H3/b5-4+. The van der Waals surface area contributed by atoms with Gasteiger partial charge in [-0.2, -0.15) is 0 Å². The van der Waals surface area contributed by atoms with Crippen LogP contribution >= 0.6 is 0 Å². The third kappa shape index (κ3) is 5.10. The second-order valence-corrected chi connectivity index (χ2v) is 1.65. The first-order chi connectivity index (χ1) is 3.77. The summed E-state index contributed by atoms with van der Waals surface area (Å²) in [5.74, 6) is 2.83. The van der Waals surface area contributed by atoms with E-state index in [1.165, 1.54) is 0 Å². The largest absolute Gasteiger partial charge is 0.338 e. The Kier molecular flexibility index (Phi) is 3.78. The average Bonchev–Trinajstić information content (AvgIpc) is 1.66. The molecule has 0 bridgehead atoms. The van der Waals surface area contributed by atoms with Crippen molar-refractivity contribution in [1.82, 2.24) is 4.90 Å². The van der Waals surface area contributed by atoms with E-state index in [0.717, 1.165) is 0 Å². The molecule has 0 saturated heterocycles. The average molecular weight is 109 g/mol. The van der Waals surface area contributed by atoms with Crippen LogP contribution in [-0.4, -0.2) is 19.0 Å². The van der Waals surface area contributed by atoms with E-state index >= 15 is 0 Å². The molecular formula is C7H11N.